The van der Waals surface area contributed by atoms with Gasteiger partial charge in [0.05, 0.1) is 24.1 Å². The van der Waals surface area contributed by atoms with Crippen LogP contribution in [0.15, 0.2) is 81.7 Å². The third-order valence-corrected chi connectivity index (χ3v) is 5.32. The first-order chi connectivity index (χ1) is 13.2. The maximum Gasteiger partial charge on any atom is 0.142 e. The lowest BCUT2D eigenvalue weighted by Crippen LogP contribution is -1.89. The van der Waals surface area contributed by atoms with Crippen LogP contribution in [-0.2, 0) is 0 Å². The molecule has 0 aliphatic carbocycles. The van der Waals surface area contributed by atoms with E-state index in [1.807, 2.05) is 48.5 Å². The lowest BCUT2D eigenvalue weighted by Gasteiger charge is -2.06. The summed E-state index contributed by atoms with van der Waals surface area (Å²) in [4.78, 5) is 8.44. The quantitative estimate of drug-likeness (QED) is 0.341. The summed E-state index contributed by atoms with van der Waals surface area (Å²) in [5, 5.41) is 0. The molecule has 3 nitrogen and oxygen atoms in total. The van der Waals surface area contributed by atoms with E-state index in [9.17, 15) is 0 Å². The summed E-state index contributed by atoms with van der Waals surface area (Å²) in [5.74, 6) is 1.54. The number of rotatable bonds is 4. The Morgan fingerprint density at radius 3 is 2.22 bits per heavy atom. The van der Waals surface area contributed by atoms with Gasteiger partial charge in [0.1, 0.15) is 11.6 Å². The van der Waals surface area contributed by atoms with Crippen molar-refractivity contribution >= 4 is 31.9 Å². The highest BCUT2D eigenvalue weighted by Gasteiger charge is 2.17. The Bertz CT molecular complexity index is 1070. The number of nitrogens with zero attached hydrogens (tertiary/aromatic N) is 1. The van der Waals surface area contributed by atoms with Gasteiger partial charge in [0.25, 0.3) is 0 Å². The van der Waals surface area contributed by atoms with E-state index < -0.39 is 0 Å². The maximum absolute atomic E-state index is 5.54. The van der Waals surface area contributed by atoms with E-state index in [4.69, 9.17) is 9.72 Å². The topological polar surface area (TPSA) is 37.9 Å². The van der Waals surface area contributed by atoms with Crippen LogP contribution < -0.4 is 4.74 Å². The van der Waals surface area contributed by atoms with Crippen molar-refractivity contribution in [1.82, 2.24) is 9.97 Å². The molecular formula is C22H16Br2N2O. The van der Waals surface area contributed by atoms with E-state index in [-0.39, 0.29) is 0 Å². The molecule has 3 aromatic carbocycles. The Hall–Kier alpha value is -2.37. The Kier molecular flexibility index (Phi) is 5.14. The van der Waals surface area contributed by atoms with Gasteiger partial charge >= 0.3 is 0 Å². The standard InChI is InChI=1S/C22H16Br2N2O/c1-27-19-12-11-17(24)13-18(19)22-25-20(14-5-3-2-4-6-14)21(26-22)15-7-9-16(23)10-8-15/h2-13H,1H3,(H,25,26). The number of benzene rings is 3. The predicted octanol–water partition coefficient (Wildman–Crippen LogP) is 6.94. The van der Waals surface area contributed by atoms with E-state index in [1.54, 1.807) is 7.11 Å². The van der Waals surface area contributed by atoms with Crippen molar-refractivity contribution in [2.24, 2.45) is 0 Å². The van der Waals surface area contributed by atoms with Crippen LogP contribution in [0.5, 0.6) is 5.75 Å². The molecule has 0 radical (unpaired) electrons. The van der Waals surface area contributed by atoms with Crippen LogP contribution in [0.1, 0.15) is 0 Å². The summed E-state index contributed by atoms with van der Waals surface area (Å²) < 4.78 is 7.56. The molecule has 1 aromatic heterocycles. The molecule has 0 amide bonds. The number of methoxy groups -OCH3 is 1. The molecule has 1 heterocycles. The number of aromatic nitrogens is 2. The lowest BCUT2D eigenvalue weighted by atomic mass is 10.1. The van der Waals surface area contributed by atoms with Gasteiger partial charge in [-0.3, -0.25) is 0 Å². The van der Waals surface area contributed by atoms with E-state index in [0.29, 0.717) is 0 Å². The Balaban J connectivity index is 1.93. The highest BCUT2D eigenvalue weighted by atomic mass is 79.9. The van der Waals surface area contributed by atoms with Gasteiger partial charge in [0.15, 0.2) is 0 Å². The fourth-order valence-corrected chi connectivity index (χ4v) is 3.62. The van der Waals surface area contributed by atoms with Crippen LogP contribution >= 0.6 is 31.9 Å². The van der Waals surface area contributed by atoms with Gasteiger partial charge in [-0.1, -0.05) is 74.3 Å². The molecule has 134 valence electrons. The molecule has 4 aromatic rings. The Morgan fingerprint density at radius 1 is 0.815 bits per heavy atom. The zero-order valence-electron chi connectivity index (χ0n) is 14.5. The average Bonchev–Trinajstić information content (AvgIpc) is 3.14. The van der Waals surface area contributed by atoms with Gasteiger partial charge in [-0.25, -0.2) is 4.98 Å². The fraction of sp³-hybridized carbons (Fsp3) is 0.0455. The first-order valence-corrected chi connectivity index (χ1v) is 9.99. The summed E-state index contributed by atoms with van der Waals surface area (Å²) >= 11 is 7.05. The number of hydrogen-bond donors (Lipinski definition) is 1. The SMILES string of the molecule is COc1ccc(Br)cc1-c1nc(-c2ccccc2)c(-c2ccc(Br)cc2)[nH]1. The second kappa shape index (κ2) is 7.71. The second-order valence-electron chi connectivity index (χ2n) is 6.03. The van der Waals surface area contributed by atoms with Gasteiger partial charge in [-0.15, -0.1) is 0 Å². The highest BCUT2D eigenvalue weighted by Crippen LogP contribution is 2.37. The molecule has 0 fully saturated rings. The zero-order valence-corrected chi connectivity index (χ0v) is 17.7. The van der Waals surface area contributed by atoms with Crippen molar-refractivity contribution in [3.63, 3.8) is 0 Å². The fourth-order valence-electron chi connectivity index (χ4n) is 3.00. The van der Waals surface area contributed by atoms with Crippen LogP contribution in [0.25, 0.3) is 33.9 Å². The molecule has 27 heavy (non-hydrogen) atoms. The van der Waals surface area contributed by atoms with Crippen LogP contribution in [0.2, 0.25) is 0 Å². The van der Waals surface area contributed by atoms with Crippen molar-refractivity contribution in [3.05, 3.63) is 81.7 Å². The highest BCUT2D eigenvalue weighted by molar-refractivity contribution is 9.10. The third kappa shape index (κ3) is 3.70. The van der Waals surface area contributed by atoms with Gasteiger partial charge in [-0.2, -0.15) is 0 Å². The normalized spacial score (nSPS) is 10.8. The third-order valence-electron chi connectivity index (χ3n) is 4.30. The van der Waals surface area contributed by atoms with E-state index >= 15 is 0 Å². The number of hydrogen-bond acceptors (Lipinski definition) is 2. The molecule has 0 aliphatic heterocycles. The largest absolute Gasteiger partial charge is 0.496 e. The molecule has 4 rings (SSSR count). The monoisotopic (exact) mass is 482 g/mol. The van der Waals surface area contributed by atoms with Crippen LogP contribution in [0.4, 0.5) is 0 Å². The van der Waals surface area contributed by atoms with Crippen LogP contribution in [0.3, 0.4) is 0 Å². The summed E-state index contributed by atoms with van der Waals surface area (Å²) in [6.07, 6.45) is 0. The van der Waals surface area contributed by atoms with Gasteiger partial charge in [-0.05, 0) is 30.3 Å². The van der Waals surface area contributed by atoms with Crippen LogP contribution in [0, 0.1) is 0 Å². The maximum atomic E-state index is 5.54. The number of H-pyrrole nitrogens is 1. The molecule has 0 unspecified atom stereocenters. The van der Waals surface area contributed by atoms with Gasteiger partial charge in [0, 0.05) is 20.1 Å². The first kappa shape index (κ1) is 18.0. The number of imidazole rings is 1. The summed E-state index contributed by atoms with van der Waals surface area (Å²) in [6.45, 7) is 0. The van der Waals surface area contributed by atoms with Gasteiger partial charge in [0.2, 0.25) is 0 Å². The predicted molar refractivity (Wildman–Crippen MR) is 117 cm³/mol. The number of ether oxygens (including phenoxy) is 1. The Morgan fingerprint density at radius 2 is 1.52 bits per heavy atom. The lowest BCUT2D eigenvalue weighted by molar-refractivity contribution is 0.416. The molecule has 0 spiro atoms. The average molecular weight is 484 g/mol. The van der Waals surface area contributed by atoms with E-state index in [2.05, 4.69) is 61.1 Å². The number of halogens is 2. The molecule has 0 atom stereocenters. The molecule has 0 bridgehead atoms. The summed E-state index contributed by atoms with van der Waals surface area (Å²) in [7, 11) is 1.67. The first-order valence-electron chi connectivity index (χ1n) is 8.41. The zero-order chi connectivity index (χ0) is 18.8. The van der Waals surface area contributed by atoms with Crippen molar-refractivity contribution in [2.75, 3.05) is 7.11 Å². The van der Waals surface area contributed by atoms with Crippen molar-refractivity contribution in [2.45, 2.75) is 0 Å². The minimum Gasteiger partial charge on any atom is -0.496 e. The molecule has 0 saturated carbocycles. The van der Waals surface area contributed by atoms with Crippen molar-refractivity contribution < 1.29 is 4.74 Å². The Labute approximate surface area is 174 Å². The molecule has 1 N–H and O–H groups in total. The van der Waals surface area contributed by atoms with Crippen molar-refractivity contribution in [3.8, 4) is 39.7 Å². The molecule has 0 saturated heterocycles. The summed E-state index contributed by atoms with van der Waals surface area (Å²) in [6, 6.07) is 24.3. The summed E-state index contributed by atoms with van der Waals surface area (Å²) in [5.41, 5.74) is 4.93. The van der Waals surface area contributed by atoms with E-state index in [1.165, 1.54) is 0 Å². The number of nitrogens with one attached hydrogen (secondary N) is 1. The van der Waals surface area contributed by atoms with Crippen molar-refractivity contribution in [1.29, 1.82) is 0 Å². The van der Waals surface area contributed by atoms with E-state index in [0.717, 1.165) is 48.6 Å². The minimum absolute atomic E-state index is 0.768. The second-order valence-corrected chi connectivity index (χ2v) is 7.86. The van der Waals surface area contributed by atoms with Crippen LogP contribution in [-0.4, -0.2) is 17.1 Å². The molecule has 0 aliphatic rings. The molecular weight excluding hydrogens is 468 g/mol. The minimum atomic E-state index is 0.768. The van der Waals surface area contributed by atoms with Gasteiger partial charge < -0.3 is 9.72 Å². The molecule has 5 heteroatoms. The number of aromatic amines is 1. The smallest absolute Gasteiger partial charge is 0.142 e.